The van der Waals surface area contributed by atoms with E-state index in [2.05, 4.69) is 15.4 Å². The molecule has 2 rings (SSSR count). The summed E-state index contributed by atoms with van der Waals surface area (Å²) >= 11 is 1.36. The Balaban J connectivity index is 1.89. The third-order valence-corrected chi connectivity index (χ3v) is 3.10. The average molecular weight is 268 g/mol. The largest absolute Gasteiger partial charge is 0.379 e. The Kier molecular flexibility index (Phi) is 4.27. The summed E-state index contributed by atoms with van der Waals surface area (Å²) in [6, 6.07) is 1.40. The molecule has 0 spiro atoms. The van der Waals surface area contributed by atoms with Crippen molar-refractivity contribution >= 4 is 21.4 Å². The Labute approximate surface area is 109 Å². The summed E-state index contributed by atoms with van der Waals surface area (Å²) in [6.45, 7) is 5.51. The molecule has 7 heteroatoms. The number of nitrogens with zero attached hydrogens (tertiary/aromatic N) is 3. The fraction of sp³-hybridized carbons (Fsp3) is 0.545. The number of ether oxygens (including phenoxy) is 1. The van der Waals surface area contributed by atoms with Crippen molar-refractivity contribution in [2.24, 2.45) is 0 Å². The van der Waals surface area contributed by atoms with Crippen molar-refractivity contribution in [3.05, 3.63) is 22.6 Å². The maximum Gasteiger partial charge on any atom is 0.275 e. The Bertz CT molecular complexity index is 563. The van der Waals surface area contributed by atoms with Gasteiger partial charge in [0.25, 0.3) is 5.56 Å². The van der Waals surface area contributed by atoms with E-state index in [1.165, 1.54) is 28.1 Å². The predicted octanol–water partition coefficient (Wildman–Crippen LogP) is 1.38. The zero-order chi connectivity index (χ0) is 13.0. The molecule has 0 aliphatic heterocycles. The number of anilines is 1. The smallest absolute Gasteiger partial charge is 0.275 e. The molecule has 0 aliphatic rings. The lowest BCUT2D eigenvalue weighted by Crippen LogP contribution is -2.13. The average Bonchev–Trinajstić information content (AvgIpc) is 2.72. The maximum absolute atomic E-state index is 11.5. The summed E-state index contributed by atoms with van der Waals surface area (Å²) in [5, 5.41) is 8.02. The van der Waals surface area contributed by atoms with Crippen LogP contribution < -0.4 is 10.9 Å². The van der Waals surface area contributed by atoms with Crippen LogP contribution in [0.5, 0.6) is 0 Å². The van der Waals surface area contributed by atoms with Gasteiger partial charge in [-0.15, -0.1) is 5.10 Å². The summed E-state index contributed by atoms with van der Waals surface area (Å²) in [5.74, 6) is 0. The number of nitrogens with one attached hydrogen (secondary N) is 1. The van der Waals surface area contributed by atoms with E-state index in [1.807, 2.05) is 13.8 Å². The number of fused-ring (bicyclic) bond motifs is 1. The molecular weight excluding hydrogens is 252 g/mol. The Morgan fingerprint density at radius 1 is 1.56 bits per heavy atom. The van der Waals surface area contributed by atoms with E-state index in [-0.39, 0.29) is 11.7 Å². The Morgan fingerprint density at radius 2 is 2.39 bits per heavy atom. The molecule has 0 amide bonds. The van der Waals surface area contributed by atoms with Gasteiger partial charge in [0.15, 0.2) is 0 Å². The van der Waals surface area contributed by atoms with Crippen LogP contribution >= 0.6 is 11.3 Å². The second-order valence-electron chi connectivity index (χ2n) is 4.08. The first kappa shape index (κ1) is 13.0. The molecular formula is C11H16N4O2S. The standard InChI is InChI=1S/C11H16N4O2S/c1-8(2)17-7-3-5-12-10-14-15-9(16)4-6-13-11(15)18-10/h4,6,8H,3,5,7H2,1-2H3,(H,12,14). The van der Waals surface area contributed by atoms with E-state index in [1.54, 1.807) is 0 Å². The lowest BCUT2D eigenvalue weighted by Gasteiger charge is -2.06. The summed E-state index contributed by atoms with van der Waals surface area (Å²) in [6.07, 6.45) is 2.65. The number of hydrogen-bond acceptors (Lipinski definition) is 6. The molecule has 0 saturated carbocycles. The summed E-state index contributed by atoms with van der Waals surface area (Å²) < 4.78 is 6.74. The van der Waals surface area contributed by atoms with Crippen LogP contribution in [0.25, 0.3) is 4.96 Å². The molecule has 1 N–H and O–H groups in total. The third-order valence-electron chi connectivity index (χ3n) is 2.22. The monoisotopic (exact) mass is 268 g/mol. The van der Waals surface area contributed by atoms with Gasteiger partial charge < -0.3 is 10.1 Å². The number of rotatable bonds is 6. The minimum atomic E-state index is -0.160. The van der Waals surface area contributed by atoms with E-state index >= 15 is 0 Å². The second-order valence-corrected chi connectivity index (χ2v) is 5.04. The van der Waals surface area contributed by atoms with Gasteiger partial charge in [-0.25, -0.2) is 4.98 Å². The Hall–Kier alpha value is -1.47. The minimum Gasteiger partial charge on any atom is -0.379 e. The lowest BCUT2D eigenvalue weighted by molar-refractivity contribution is 0.0787. The van der Waals surface area contributed by atoms with Crippen molar-refractivity contribution in [3.8, 4) is 0 Å². The van der Waals surface area contributed by atoms with Gasteiger partial charge in [0, 0.05) is 25.4 Å². The van der Waals surface area contributed by atoms with Gasteiger partial charge in [-0.1, -0.05) is 11.3 Å². The minimum absolute atomic E-state index is 0.160. The highest BCUT2D eigenvalue weighted by atomic mass is 32.1. The second kappa shape index (κ2) is 5.92. The van der Waals surface area contributed by atoms with E-state index in [4.69, 9.17) is 4.74 Å². The molecule has 18 heavy (non-hydrogen) atoms. The Morgan fingerprint density at radius 3 is 3.11 bits per heavy atom. The van der Waals surface area contributed by atoms with Crippen LogP contribution in [0.1, 0.15) is 20.3 Å². The molecule has 0 aromatic carbocycles. The molecule has 2 heterocycles. The molecule has 0 fully saturated rings. The van der Waals surface area contributed by atoms with Crippen LogP contribution in [-0.2, 0) is 4.74 Å². The van der Waals surface area contributed by atoms with E-state index in [0.717, 1.165) is 13.0 Å². The molecule has 0 atom stereocenters. The van der Waals surface area contributed by atoms with Crippen LogP contribution in [0.4, 0.5) is 5.13 Å². The first-order chi connectivity index (χ1) is 8.66. The van der Waals surface area contributed by atoms with Crippen molar-refractivity contribution in [2.75, 3.05) is 18.5 Å². The molecule has 0 aliphatic carbocycles. The highest BCUT2D eigenvalue weighted by Gasteiger charge is 2.04. The molecule has 0 saturated heterocycles. The van der Waals surface area contributed by atoms with Crippen LogP contribution in [0, 0.1) is 0 Å². The molecule has 2 aromatic rings. The van der Waals surface area contributed by atoms with Crippen LogP contribution in [-0.4, -0.2) is 33.9 Å². The number of hydrogen-bond donors (Lipinski definition) is 1. The van der Waals surface area contributed by atoms with Crippen molar-refractivity contribution in [3.63, 3.8) is 0 Å². The fourth-order valence-electron chi connectivity index (χ4n) is 1.40. The SMILES string of the molecule is CC(C)OCCCNc1nn2c(=O)ccnc2s1. The van der Waals surface area contributed by atoms with Gasteiger partial charge in [-0.05, 0) is 20.3 Å². The van der Waals surface area contributed by atoms with E-state index in [0.29, 0.717) is 16.7 Å². The first-order valence-corrected chi connectivity index (χ1v) is 6.69. The van der Waals surface area contributed by atoms with Crippen LogP contribution in [0.15, 0.2) is 17.1 Å². The van der Waals surface area contributed by atoms with E-state index < -0.39 is 0 Å². The number of aromatic nitrogens is 3. The van der Waals surface area contributed by atoms with Crippen LogP contribution in [0.3, 0.4) is 0 Å². The molecule has 0 unspecified atom stereocenters. The van der Waals surface area contributed by atoms with Crippen molar-refractivity contribution in [2.45, 2.75) is 26.4 Å². The van der Waals surface area contributed by atoms with Gasteiger partial charge in [0.1, 0.15) is 0 Å². The lowest BCUT2D eigenvalue weighted by atomic mass is 10.4. The van der Waals surface area contributed by atoms with Crippen molar-refractivity contribution in [1.29, 1.82) is 0 Å². The van der Waals surface area contributed by atoms with Gasteiger partial charge in [-0.2, -0.15) is 4.52 Å². The van der Waals surface area contributed by atoms with Gasteiger partial charge in [0.2, 0.25) is 10.1 Å². The highest BCUT2D eigenvalue weighted by Crippen LogP contribution is 2.15. The summed E-state index contributed by atoms with van der Waals surface area (Å²) in [4.78, 5) is 16.1. The molecule has 6 nitrogen and oxygen atoms in total. The van der Waals surface area contributed by atoms with Crippen LogP contribution in [0.2, 0.25) is 0 Å². The quantitative estimate of drug-likeness (QED) is 0.802. The third kappa shape index (κ3) is 3.27. The molecule has 2 aromatic heterocycles. The first-order valence-electron chi connectivity index (χ1n) is 5.87. The van der Waals surface area contributed by atoms with Gasteiger partial charge in [-0.3, -0.25) is 4.79 Å². The molecule has 0 radical (unpaired) electrons. The molecule has 98 valence electrons. The highest BCUT2D eigenvalue weighted by molar-refractivity contribution is 7.20. The van der Waals surface area contributed by atoms with Crippen molar-refractivity contribution < 1.29 is 4.74 Å². The molecule has 0 bridgehead atoms. The summed E-state index contributed by atoms with van der Waals surface area (Å²) in [5.41, 5.74) is -0.160. The predicted molar refractivity (Wildman–Crippen MR) is 71.3 cm³/mol. The fourth-order valence-corrected chi connectivity index (χ4v) is 2.20. The maximum atomic E-state index is 11.5. The zero-order valence-electron chi connectivity index (χ0n) is 10.4. The summed E-state index contributed by atoms with van der Waals surface area (Å²) in [7, 11) is 0. The van der Waals surface area contributed by atoms with Gasteiger partial charge >= 0.3 is 0 Å². The normalized spacial score (nSPS) is 11.3. The van der Waals surface area contributed by atoms with Crippen molar-refractivity contribution in [1.82, 2.24) is 14.6 Å². The topological polar surface area (TPSA) is 68.5 Å². The van der Waals surface area contributed by atoms with Gasteiger partial charge in [0.05, 0.1) is 6.10 Å². The zero-order valence-corrected chi connectivity index (χ0v) is 11.2. The van der Waals surface area contributed by atoms with E-state index in [9.17, 15) is 4.79 Å².